The molecule has 1 aliphatic carbocycles. The summed E-state index contributed by atoms with van der Waals surface area (Å²) in [7, 11) is 0. The lowest BCUT2D eigenvalue weighted by molar-refractivity contribution is -0.143. The first kappa shape index (κ1) is 88.2. The number of fused-ring (bicyclic) bond motifs is 4. The molecule has 32 nitrogen and oxygen atoms in total. The minimum absolute atomic E-state index is 0.0116. The third kappa shape index (κ3) is 24.4. The van der Waals surface area contributed by atoms with Crippen LogP contribution in [0.3, 0.4) is 0 Å². The van der Waals surface area contributed by atoms with E-state index in [1.807, 2.05) is 18.2 Å². The molecular weight excluding hydrogens is 1500 g/mol. The number of aliphatic hydroxyl groups excluding tert-OH is 2. The normalized spacial score (nSPS) is 26.2. The van der Waals surface area contributed by atoms with E-state index in [0.717, 1.165) is 17.5 Å². The zero-order valence-electron chi connectivity index (χ0n) is 65.2. The Morgan fingerprint density at radius 2 is 1.17 bits per heavy atom. The van der Waals surface area contributed by atoms with E-state index in [-0.39, 0.29) is 61.7 Å². The maximum Gasteiger partial charge on any atom is 0.246 e. The van der Waals surface area contributed by atoms with Crippen molar-refractivity contribution in [2.75, 3.05) is 18.1 Å². The summed E-state index contributed by atoms with van der Waals surface area (Å²) >= 11 is 2.54. The van der Waals surface area contributed by atoms with Gasteiger partial charge in [-0.1, -0.05) is 88.6 Å². The lowest BCUT2D eigenvalue weighted by Crippen LogP contribution is -2.68. The molecule has 18 N–H and O–H groups in total. The lowest BCUT2D eigenvalue weighted by atomic mass is 9.74. The summed E-state index contributed by atoms with van der Waals surface area (Å²) in [5.74, 6) is -11.4. The van der Waals surface area contributed by atoms with Crippen molar-refractivity contribution in [1.29, 1.82) is 0 Å². The summed E-state index contributed by atoms with van der Waals surface area (Å²) < 4.78 is 0. The van der Waals surface area contributed by atoms with Crippen LogP contribution in [0.15, 0.2) is 97.3 Å². The largest absolute Gasteiger partial charge is 0.508 e. The van der Waals surface area contributed by atoms with Crippen molar-refractivity contribution in [3.8, 4) is 11.5 Å². The number of amides is 13. The number of pyridine rings is 1. The molecule has 0 spiro atoms. The van der Waals surface area contributed by atoms with Gasteiger partial charge in [0.15, 0.2) is 0 Å². The van der Waals surface area contributed by atoms with Crippen LogP contribution < -0.4 is 64.2 Å². The highest BCUT2D eigenvalue weighted by Crippen LogP contribution is 2.34. The van der Waals surface area contributed by atoms with Gasteiger partial charge in [-0.3, -0.25) is 62.3 Å². The highest BCUT2D eigenvalue weighted by molar-refractivity contribution is 7.98. The van der Waals surface area contributed by atoms with Crippen molar-refractivity contribution in [1.82, 2.24) is 73.4 Å². The molecule has 4 heterocycles. The van der Waals surface area contributed by atoms with Gasteiger partial charge in [0.1, 0.15) is 88.6 Å². The van der Waals surface area contributed by atoms with Crippen LogP contribution in [0, 0.1) is 11.3 Å². The van der Waals surface area contributed by atoms with E-state index < -0.39 is 172 Å². The van der Waals surface area contributed by atoms with E-state index in [2.05, 4.69) is 68.5 Å². The number of aromatic nitrogens is 2. The number of phenolic OH excluding ortho intramolecular Hbond substituents is 2. The first-order chi connectivity index (χ1) is 53.3. The number of benzene rings is 3. The predicted molar refractivity (Wildman–Crippen MR) is 423 cm³/mol. The third-order valence-electron chi connectivity index (χ3n) is 20.4. The van der Waals surface area contributed by atoms with Gasteiger partial charge in [-0.25, -0.2) is 4.98 Å². The SMILES string of the molecule is CC(=O)N[C@H]1CSCc2cccc(c2)CSC[C@H](C(N)=O)NC(=O)[C@H]([C@@H](C)O)NC(=O)[C@](C)(C2CCCCC2)NC(=O)[C@H](Cc2ccc(O)cc2)NC(=O)[C@H](C)NC(=O)C(C)(C)NC(=O)[C@H](Cc2c[nH]c3ncccc23)NC(=O)[C@H]([C@@H](C)O)NC(=O)[C@@H]2CCCN2C(=O)[C@H](Cc2ccc(O)cc2)NC(=O)[C@H](C(C)(C)C)NC1=O. The van der Waals surface area contributed by atoms with Crippen molar-refractivity contribution in [3.05, 3.63) is 125 Å². The molecule has 0 unspecified atom stereocenters. The van der Waals surface area contributed by atoms with Gasteiger partial charge in [0.05, 0.1) is 12.2 Å². The second-order valence-corrected chi connectivity index (χ2v) is 33.2. The van der Waals surface area contributed by atoms with E-state index in [0.29, 0.717) is 64.9 Å². The Bertz CT molecular complexity index is 4260. The average molecular weight is 1600 g/mol. The molecule has 1 saturated heterocycles. The van der Waals surface area contributed by atoms with Gasteiger partial charge in [-0.15, -0.1) is 0 Å². The number of hydrogen-bond acceptors (Lipinski definition) is 20. The number of carbonyl (C=O) groups is 13. The number of phenols is 2. The Morgan fingerprint density at radius 1 is 0.611 bits per heavy atom. The number of H-pyrrole nitrogens is 1. The standard InChI is InChI=1S/C79H107N15O17S2/c1-42-66(101)85-55(34-46-23-27-52(98)28-24-46)69(104)93-79(10,51-19-12-11-13-20-51)76(111)90-62(44(3)96)72(107)88-58(64(80)100)40-112-38-48-17-14-18-49(33-48)39-113-41-59(84-45(4)97)67(102)91-63(77(5,6)7)73(108)87-57(35-47-25-29-53(99)30-26-47)74(109)94-32-16-22-60(94)70(105)89-61(43(2)95)71(106)86-56(68(103)92-78(8,9)75(110)83-42)36-50-37-82-65-54(50)21-15-31-81-65/h14-15,17-18,21,23-31,33,37,42-44,51,55-63,95-96,98-99H,11-13,16,19-20,22,32,34-36,38-41H2,1-10H3,(H2,80,100)(H,81,82)(H,83,110)(H,84,97)(H,85,101)(H,86,106)(H,87,108)(H,88,107)(H,89,105)(H,90,111)(H,91,102)(H,92,103)(H,93,104)/t42-,43+,44+,55-,56-,57-,58+,59-,60-,61-,62-,63+,79-/m0/s1. The van der Waals surface area contributed by atoms with Crippen molar-refractivity contribution < 1.29 is 82.8 Å². The summed E-state index contributed by atoms with van der Waals surface area (Å²) in [6, 6.07) is 7.67. The van der Waals surface area contributed by atoms with Crippen LogP contribution in [0.1, 0.15) is 142 Å². The first-order valence-electron chi connectivity index (χ1n) is 37.8. The molecule has 3 aromatic carbocycles. The van der Waals surface area contributed by atoms with Crippen LogP contribution in [0.5, 0.6) is 11.5 Å². The molecule has 0 radical (unpaired) electrons. The number of hydrogen-bond donors (Lipinski definition) is 17. The lowest BCUT2D eigenvalue weighted by Gasteiger charge is -2.41. The Balaban J connectivity index is 1.12. The molecule has 5 aromatic rings. The zero-order valence-corrected chi connectivity index (χ0v) is 66.9. The molecule has 1 saturated carbocycles. The van der Waals surface area contributed by atoms with E-state index in [9.17, 15) is 68.4 Å². The van der Waals surface area contributed by atoms with Gasteiger partial charge in [0, 0.05) is 73.5 Å². The third-order valence-corrected chi connectivity index (χ3v) is 22.6. The highest BCUT2D eigenvalue weighted by atomic mass is 32.2. The number of nitrogens with one attached hydrogen (secondary N) is 12. The summed E-state index contributed by atoms with van der Waals surface area (Å²) in [6.45, 7) is 14.2. The monoisotopic (exact) mass is 1600 g/mol. The number of nitrogens with two attached hydrogens (primary N) is 1. The molecule has 2 fully saturated rings. The second kappa shape index (κ2) is 39.4. The van der Waals surface area contributed by atoms with E-state index in [1.54, 1.807) is 45.2 Å². The molecule has 3 aliphatic rings. The molecule has 113 heavy (non-hydrogen) atoms. The first-order valence-corrected chi connectivity index (χ1v) is 40.1. The van der Waals surface area contributed by atoms with Crippen molar-refractivity contribution in [2.45, 2.75) is 229 Å². The molecule has 13 atom stereocenters. The Labute approximate surface area is 664 Å². The van der Waals surface area contributed by atoms with Crippen LogP contribution >= 0.6 is 23.5 Å². The van der Waals surface area contributed by atoms with Crippen molar-refractivity contribution in [2.24, 2.45) is 17.1 Å². The molecular formula is C79H107N15O17S2. The zero-order chi connectivity index (χ0) is 82.8. The number of carbonyl (C=O) groups excluding carboxylic acids is 13. The average Bonchev–Trinajstić information content (AvgIpc) is 1.33. The molecule has 2 aliphatic heterocycles. The van der Waals surface area contributed by atoms with Gasteiger partial charge in [0.2, 0.25) is 76.8 Å². The minimum Gasteiger partial charge on any atom is -0.508 e. The number of aromatic hydroxyl groups is 2. The summed E-state index contributed by atoms with van der Waals surface area (Å²) in [5, 5.41) is 73.2. The number of aromatic amines is 1. The molecule has 34 heteroatoms. The van der Waals surface area contributed by atoms with Gasteiger partial charge >= 0.3 is 0 Å². The maximum atomic E-state index is 15.2. The molecule has 13 amide bonds. The molecule has 612 valence electrons. The maximum absolute atomic E-state index is 15.2. The Hall–Kier alpha value is -10.3. The van der Waals surface area contributed by atoms with Crippen LogP contribution in [-0.4, -0.2) is 214 Å². The van der Waals surface area contributed by atoms with Crippen LogP contribution in [-0.2, 0) is 93.1 Å². The number of thioether (sulfide) groups is 2. The predicted octanol–water partition coefficient (Wildman–Crippen LogP) is 1.22. The van der Waals surface area contributed by atoms with Crippen LogP contribution in [0.4, 0.5) is 0 Å². The van der Waals surface area contributed by atoms with Crippen molar-refractivity contribution in [3.63, 3.8) is 0 Å². The number of primary amides is 1. The fourth-order valence-corrected chi connectivity index (χ4v) is 15.9. The van der Waals surface area contributed by atoms with E-state index in [1.165, 1.54) is 132 Å². The number of rotatable bonds is 11. The molecule has 2 bridgehead atoms. The van der Waals surface area contributed by atoms with Gasteiger partial charge in [-0.2, -0.15) is 23.5 Å². The second-order valence-electron chi connectivity index (χ2n) is 31.2. The highest BCUT2D eigenvalue weighted by Gasteiger charge is 2.48. The molecule has 2 aromatic heterocycles. The smallest absolute Gasteiger partial charge is 0.246 e. The van der Waals surface area contributed by atoms with Crippen LogP contribution in [0.25, 0.3) is 11.0 Å². The topological polar surface area (TPSA) is 493 Å². The Morgan fingerprint density at radius 3 is 1.76 bits per heavy atom. The molecule has 8 rings (SSSR count). The number of aliphatic hydroxyl groups is 2. The number of nitrogens with zero attached hydrogens (tertiary/aromatic N) is 2. The summed E-state index contributed by atoms with van der Waals surface area (Å²) in [5.41, 5.74) is 4.47. The van der Waals surface area contributed by atoms with E-state index >= 15 is 14.4 Å². The van der Waals surface area contributed by atoms with Crippen molar-refractivity contribution >= 4 is 111 Å². The Kier molecular flexibility index (Phi) is 30.8. The summed E-state index contributed by atoms with van der Waals surface area (Å²) in [4.78, 5) is 197. The fraction of sp³-hybridized carbons (Fsp3) is 0.519. The van der Waals surface area contributed by atoms with E-state index in [4.69, 9.17) is 5.73 Å². The fourth-order valence-electron chi connectivity index (χ4n) is 13.9. The summed E-state index contributed by atoms with van der Waals surface area (Å²) in [6.07, 6.45) is 2.49. The minimum atomic E-state index is -1.92. The quantitative estimate of drug-likeness (QED) is 0.0884. The van der Waals surface area contributed by atoms with Gasteiger partial charge < -0.3 is 94.5 Å². The van der Waals surface area contributed by atoms with Crippen LogP contribution in [0.2, 0.25) is 0 Å². The van der Waals surface area contributed by atoms with Gasteiger partial charge in [-0.05, 0) is 143 Å². The van der Waals surface area contributed by atoms with Gasteiger partial charge in [0.25, 0.3) is 0 Å².